The maximum atomic E-state index is 13.5. The maximum absolute atomic E-state index is 13.5. The zero-order valence-electron chi connectivity index (χ0n) is 9.03. The van der Waals surface area contributed by atoms with Crippen LogP contribution in [0.1, 0.15) is 18.2 Å². The van der Waals surface area contributed by atoms with Gasteiger partial charge in [-0.25, -0.2) is 4.39 Å². The molecule has 0 saturated heterocycles. The summed E-state index contributed by atoms with van der Waals surface area (Å²) < 4.78 is 87.5. The largest absolute Gasteiger partial charge is 0.437 e. The molecular weight excluding hydrogens is 267 g/mol. The summed E-state index contributed by atoms with van der Waals surface area (Å²) in [6, 6.07) is 1.38. The van der Waals surface area contributed by atoms with E-state index in [-0.39, 0.29) is 0 Å². The first kappa shape index (κ1) is 14.7. The van der Waals surface area contributed by atoms with Gasteiger partial charge in [0.1, 0.15) is 0 Å². The first-order valence-corrected chi connectivity index (χ1v) is 4.81. The summed E-state index contributed by atoms with van der Waals surface area (Å²) in [6.07, 6.45) is -11.1. The topological polar surface area (TPSA) is 12.9 Å². The van der Waals surface area contributed by atoms with Gasteiger partial charge in [-0.1, -0.05) is 13.0 Å². The normalized spacial score (nSPS) is 13.8. The molecule has 1 nitrogen and oxygen atoms in total. The standard InChI is InChI=1S/C10H8F7N/c1-2-6-3-4-7(18-5-6)8(11,9(12,13)14)10(15,16)17/h3-5H,2H2,1H3. The molecule has 0 aliphatic heterocycles. The highest BCUT2D eigenvalue weighted by Crippen LogP contribution is 2.52. The SMILES string of the molecule is CCc1ccc(C(F)(C(F)(F)F)C(F)(F)F)nc1. The van der Waals surface area contributed by atoms with Crippen LogP contribution in [0.5, 0.6) is 0 Å². The van der Waals surface area contributed by atoms with Crippen molar-refractivity contribution in [1.82, 2.24) is 4.98 Å². The molecule has 0 amide bonds. The zero-order chi connectivity index (χ0) is 14.2. The Hall–Kier alpha value is -1.34. The average molecular weight is 275 g/mol. The van der Waals surface area contributed by atoms with Crippen LogP contribution >= 0.6 is 0 Å². The first-order chi connectivity index (χ1) is 8.04. The van der Waals surface area contributed by atoms with Crippen LogP contribution in [-0.4, -0.2) is 17.3 Å². The van der Waals surface area contributed by atoms with E-state index in [1.165, 1.54) is 0 Å². The smallest absolute Gasteiger partial charge is 0.257 e. The predicted octanol–water partition coefficient (Wildman–Crippen LogP) is 3.93. The van der Waals surface area contributed by atoms with Gasteiger partial charge in [0.15, 0.2) is 0 Å². The number of aromatic nitrogens is 1. The highest BCUT2D eigenvalue weighted by atomic mass is 19.4. The summed E-state index contributed by atoms with van der Waals surface area (Å²) in [5.41, 5.74) is -6.75. The molecule has 102 valence electrons. The molecule has 1 aromatic heterocycles. The van der Waals surface area contributed by atoms with E-state index >= 15 is 0 Å². The molecule has 1 rings (SSSR count). The second-order valence-corrected chi connectivity index (χ2v) is 3.56. The number of halogens is 7. The monoisotopic (exact) mass is 275 g/mol. The molecule has 0 N–H and O–H groups in total. The molecule has 0 fully saturated rings. The van der Waals surface area contributed by atoms with Crippen LogP contribution in [0.3, 0.4) is 0 Å². The Morgan fingerprint density at radius 2 is 1.44 bits per heavy atom. The quantitative estimate of drug-likeness (QED) is 0.745. The van der Waals surface area contributed by atoms with Gasteiger partial charge in [0.2, 0.25) is 0 Å². The van der Waals surface area contributed by atoms with Crippen LogP contribution in [0.2, 0.25) is 0 Å². The number of nitrogens with zero attached hydrogens (tertiary/aromatic N) is 1. The van der Waals surface area contributed by atoms with Gasteiger partial charge in [-0.3, -0.25) is 4.98 Å². The van der Waals surface area contributed by atoms with Crippen molar-refractivity contribution in [3.63, 3.8) is 0 Å². The van der Waals surface area contributed by atoms with Crippen LogP contribution in [0.4, 0.5) is 30.7 Å². The van der Waals surface area contributed by atoms with E-state index in [9.17, 15) is 30.7 Å². The Kier molecular flexibility index (Phi) is 3.60. The van der Waals surface area contributed by atoms with Crippen molar-refractivity contribution in [3.8, 4) is 0 Å². The second-order valence-electron chi connectivity index (χ2n) is 3.56. The first-order valence-electron chi connectivity index (χ1n) is 4.81. The summed E-state index contributed by atoms with van der Waals surface area (Å²) >= 11 is 0. The number of rotatable bonds is 2. The van der Waals surface area contributed by atoms with Crippen molar-refractivity contribution in [1.29, 1.82) is 0 Å². The molecule has 0 spiro atoms. The second kappa shape index (κ2) is 4.40. The molecular formula is C10H8F7N. The van der Waals surface area contributed by atoms with E-state index in [0.29, 0.717) is 18.1 Å². The Balaban J connectivity index is 3.36. The Labute approximate surface area is 97.6 Å². The van der Waals surface area contributed by atoms with Crippen molar-refractivity contribution >= 4 is 0 Å². The van der Waals surface area contributed by atoms with Gasteiger partial charge in [0.25, 0.3) is 0 Å². The third kappa shape index (κ3) is 2.28. The maximum Gasteiger partial charge on any atom is 0.437 e. The van der Waals surface area contributed by atoms with Crippen molar-refractivity contribution in [2.24, 2.45) is 0 Å². The van der Waals surface area contributed by atoms with Crippen LogP contribution in [0.15, 0.2) is 18.3 Å². The summed E-state index contributed by atoms with van der Waals surface area (Å²) in [5.74, 6) is 0. The van der Waals surface area contributed by atoms with Crippen molar-refractivity contribution in [3.05, 3.63) is 29.6 Å². The predicted molar refractivity (Wildman–Crippen MR) is 48.5 cm³/mol. The van der Waals surface area contributed by atoms with Crippen LogP contribution in [0, 0.1) is 0 Å². The lowest BCUT2D eigenvalue weighted by atomic mass is 9.99. The minimum atomic E-state index is -6.12. The molecule has 0 unspecified atom stereocenters. The van der Waals surface area contributed by atoms with E-state index < -0.39 is 23.7 Å². The van der Waals surface area contributed by atoms with Crippen molar-refractivity contribution < 1.29 is 30.7 Å². The molecule has 1 heterocycles. The number of alkyl halides is 7. The zero-order valence-corrected chi connectivity index (χ0v) is 9.03. The van der Waals surface area contributed by atoms with Crippen molar-refractivity contribution in [2.75, 3.05) is 0 Å². The minimum Gasteiger partial charge on any atom is -0.257 e. The van der Waals surface area contributed by atoms with Gasteiger partial charge in [-0.05, 0) is 18.1 Å². The van der Waals surface area contributed by atoms with Gasteiger partial charge in [0.05, 0.1) is 5.69 Å². The molecule has 0 bridgehead atoms. The van der Waals surface area contributed by atoms with Crippen LogP contribution in [-0.2, 0) is 12.1 Å². The third-order valence-electron chi connectivity index (χ3n) is 2.37. The van der Waals surface area contributed by atoms with Crippen molar-refractivity contribution in [2.45, 2.75) is 31.4 Å². The number of pyridine rings is 1. The fourth-order valence-corrected chi connectivity index (χ4v) is 1.29. The molecule has 0 saturated carbocycles. The van der Waals surface area contributed by atoms with Crippen LogP contribution in [0.25, 0.3) is 0 Å². The summed E-state index contributed by atoms with van der Waals surface area (Å²) in [5, 5.41) is 0. The van der Waals surface area contributed by atoms with E-state index in [0.717, 1.165) is 12.3 Å². The van der Waals surface area contributed by atoms with E-state index in [1.807, 2.05) is 0 Å². The fraction of sp³-hybridized carbons (Fsp3) is 0.500. The van der Waals surface area contributed by atoms with E-state index in [1.54, 1.807) is 6.92 Å². The lowest BCUT2D eigenvalue weighted by Gasteiger charge is -2.29. The molecule has 0 aliphatic carbocycles. The minimum absolute atomic E-state index is 0.366. The lowest BCUT2D eigenvalue weighted by Crippen LogP contribution is -2.50. The Morgan fingerprint density at radius 3 is 1.72 bits per heavy atom. The molecule has 8 heteroatoms. The molecule has 0 aliphatic rings. The van der Waals surface area contributed by atoms with Gasteiger partial charge in [0, 0.05) is 6.20 Å². The molecule has 0 aromatic carbocycles. The molecule has 0 radical (unpaired) electrons. The van der Waals surface area contributed by atoms with E-state index in [2.05, 4.69) is 4.98 Å². The molecule has 0 atom stereocenters. The average Bonchev–Trinajstić information content (AvgIpc) is 2.25. The Bertz CT molecular complexity index is 390. The summed E-state index contributed by atoms with van der Waals surface area (Å²) in [6.45, 7) is 1.63. The molecule has 1 aromatic rings. The fourth-order valence-electron chi connectivity index (χ4n) is 1.29. The summed E-state index contributed by atoms with van der Waals surface area (Å²) in [4.78, 5) is 2.94. The van der Waals surface area contributed by atoms with E-state index in [4.69, 9.17) is 0 Å². The lowest BCUT2D eigenvalue weighted by molar-refractivity contribution is -0.350. The highest BCUT2D eigenvalue weighted by molar-refractivity contribution is 5.22. The van der Waals surface area contributed by atoms with Gasteiger partial charge in [-0.15, -0.1) is 0 Å². The summed E-state index contributed by atoms with van der Waals surface area (Å²) in [7, 11) is 0. The van der Waals surface area contributed by atoms with Gasteiger partial charge >= 0.3 is 18.0 Å². The van der Waals surface area contributed by atoms with Gasteiger partial charge < -0.3 is 0 Å². The number of hydrogen-bond acceptors (Lipinski definition) is 1. The Morgan fingerprint density at radius 1 is 0.944 bits per heavy atom. The highest BCUT2D eigenvalue weighted by Gasteiger charge is 2.74. The number of aryl methyl sites for hydroxylation is 1. The van der Waals surface area contributed by atoms with Gasteiger partial charge in [-0.2, -0.15) is 26.3 Å². The third-order valence-corrected chi connectivity index (χ3v) is 2.37. The molecule has 18 heavy (non-hydrogen) atoms. The van der Waals surface area contributed by atoms with Crippen LogP contribution < -0.4 is 0 Å². The number of hydrogen-bond donors (Lipinski definition) is 0.